The first-order chi connectivity index (χ1) is 16.1. The molecule has 0 radical (unpaired) electrons. The third-order valence-corrected chi connectivity index (χ3v) is 11.2. The van der Waals surface area contributed by atoms with Gasteiger partial charge < -0.3 is 5.11 Å². The zero-order chi connectivity index (χ0) is 25.1. The van der Waals surface area contributed by atoms with Gasteiger partial charge in [-0.15, -0.1) is 6.58 Å². The highest BCUT2D eigenvalue weighted by Crippen LogP contribution is 2.62. The molecule has 8 atom stereocenters. The molecule has 4 fully saturated rings. The van der Waals surface area contributed by atoms with Crippen molar-refractivity contribution in [3.63, 3.8) is 0 Å². The van der Waals surface area contributed by atoms with Crippen molar-refractivity contribution in [1.29, 1.82) is 0 Å². The van der Waals surface area contributed by atoms with Gasteiger partial charge in [-0.1, -0.05) is 28.1 Å². The van der Waals surface area contributed by atoms with Gasteiger partial charge in [-0.2, -0.15) is 8.42 Å². The molecule has 0 aliphatic heterocycles. The lowest BCUT2D eigenvalue weighted by Gasteiger charge is -2.54. The molecule has 1 N–H and O–H groups in total. The number of ketones is 1. The fourth-order valence-corrected chi connectivity index (χ4v) is 8.17. The van der Waals surface area contributed by atoms with E-state index in [9.17, 15) is 18.3 Å². The molecule has 4 rings (SSSR count). The summed E-state index contributed by atoms with van der Waals surface area (Å²) in [5.41, 5.74) is -0.435. The van der Waals surface area contributed by atoms with Crippen LogP contribution in [0.5, 0.6) is 0 Å². The Morgan fingerprint density at radius 2 is 1.82 bits per heavy atom. The molecule has 0 aromatic heterocycles. The number of aliphatic hydroxyl groups is 1. The highest BCUT2D eigenvalue weighted by atomic mass is 79.9. The lowest BCUT2D eigenvalue weighted by atomic mass is 9.51. The molecule has 194 valence electrons. The number of aliphatic hydroxyl groups excluding tert-OH is 1. The second-order valence-electron chi connectivity index (χ2n) is 10.9. The molecule has 0 aromatic rings. The zero-order valence-corrected chi connectivity index (χ0v) is 23.5. The normalized spacial score (nSPS) is 39.0. The summed E-state index contributed by atoms with van der Waals surface area (Å²) in [5.74, 6) is 3.22. The summed E-state index contributed by atoms with van der Waals surface area (Å²) in [6, 6.07) is 0. The molecule has 4 aliphatic rings. The predicted octanol–water partition coefficient (Wildman–Crippen LogP) is 6.17. The minimum absolute atomic E-state index is 0.0994. The maximum atomic E-state index is 12.4. The van der Waals surface area contributed by atoms with Crippen molar-refractivity contribution in [2.24, 2.45) is 35.0 Å². The van der Waals surface area contributed by atoms with E-state index in [0.717, 1.165) is 57.8 Å². The minimum Gasteiger partial charge on any atom is -0.392 e. The first-order valence-electron chi connectivity index (χ1n) is 13.0. The number of hydrogen-bond donors (Lipinski definition) is 1. The number of carbonyl (C=O) groups excluding carboxylic acids is 1. The maximum Gasteiger partial charge on any atom is 0.292 e. The van der Waals surface area contributed by atoms with E-state index in [4.69, 9.17) is 4.18 Å². The molecule has 7 heteroatoms. The van der Waals surface area contributed by atoms with Crippen LogP contribution in [0.3, 0.4) is 0 Å². The smallest absolute Gasteiger partial charge is 0.292 e. The van der Waals surface area contributed by atoms with Crippen LogP contribution in [0.4, 0.5) is 0 Å². The Labute approximate surface area is 215 Å². The number of Topliss-reactive ketones (excluding diaryl/α,β-unsaturated/α-hetero) is 1. The SMILES string of the molecule is C/C=C(\C)S(=O)(=O)OCC12CCC3C(CC[C@H]4CCC(=O)CCC34)C1CCC2O.C=CC(C)Br. The van der Waals surface area contributed by atoms with Gasteiger partial charge in [0.25, 0.3) is 10.1 Å². The Morgan fingerprint density at radius 3 is 2.47 bits per heavy atom. The van der Waals surface area contributed by atoms with Gasteiger partial charge in [0.2, 0.25) is 0 Å². The second-order valence-corrected chi connectivity index (χ2v) is 14.2. The van der Waals surface area contributed by atoms with Crippen LogP contribution in [0.2, 0.25) is 0 Å². The van der Waals surface area contributed by atoms with Crippen molar-refractivity contribution < 1.29 is 22.5 Å². The van der Waals surface area contributed by atoms with Gasteiger partial charge in [0, 0.05) is 23.1 Å². The van der Waals surface area contributed by atoms with Crippen molar-refractivity contribution in [3.05, 3.63) is 23.6 Å². The highest BCUT2D eigenvalue weighted by molar-refractivity contribution is 9.09. The first-order valence-corrected chi connectivity index (χ1v) is 15.4. The monoisotopic (exact) mass is 558 g/mol. The number of rotatable bonds is 5. The molecule has 7 unspecified atom stereocenters. The van der Waals surface area contributed by atoms with Gasteiger partial charge >= 0.3 is 0 Å². The van der Waals surface area contributed by atoms with E-state index in [-0.39, 0.29) is 11.5 Å². The van der Waals surface area contributed by atoms with Gasteiger partial charge in [0.1, 0.15) is 5.78 Å². The summed E-state index contributed by atoms with van der Waals surface area (Å²) in [7, 11) is -3.72. The van der Waals surface area contributed by atoms with Crippen molar-refractivity contribution >= 4 is 31.8 Å². The van der Waals surface area contributed by atoms with Crippen LogP contribution in [-0.4, -0.2) is 36.8 Å². The molecule has 0 heterocycles. The molecular formula is C27H43BrO5S. The lowest BCUT2D eigenvalue weighted by Crippen LogP contribution is -2.51. The second kappa shape index (κ2) is 11.7. The van der Waals surface area contributed by atoms with Crippen LogP contribution in [-0.2, 0) is 19.1 Å². The summed E-state index contributed by atoms with van der Waals surface area (Å²) < 4.78 is 30.4. The van der Waals surface area contributed by atoms with Crippen molar-refractivity contribution in [3.8, 4) is 0 Å². The van der Waals surface area contributed by atoms with E-state index in [1.165, 1.54) is 6.42 Å². The van der Waals surface area contributed by atoms with Crippen molar-refractivity contribution in [1.82, 2.24) is 0 Å². The lowest BCUT2D eigenvalue weighted by molar-refractivity contribution is -0.119. The van der Waals surface area contributed by atoms with Crippen LogP contribution in [0.1, 0.15) is 85.0 Å². The van der Waals surface area contributed by atoms with Crippen LogP contribution < -0.4 is 0 Å². The number of hydrogen-bond acceptors (Lipinski definition) is 5. The van der Waals surface area contributed by atoms with E-state index in [1.807, 2.05) is 13.0 Å². The van der Waals surface area contributed by atoms with Crippen LogP contribution in [0.25, 0.3) is 0 Å². The van der Waals surface area contributed by atoms with E-state index in [2.05, 4.69) is 22.5 Å². The number of fused-ring (bicyclic) bond motifs is 5. The van der Waals surface area contributed by atoms with Gasteiger partial charge in [-0.05, 0) is 102 Å². The zero-order valence-electron chi connectivity index (χ0n) is 21.0. The molecule has 0 aromatic carbocycles. The topological polar surface area (TPSA) is 80.7 Å². The molecule has 0 saturated heterocycles. The van der Waals surface area contributed by atoms with E-state index in [1.54, 1.807) is 19.9 Å². The number of allylic oxidation sites excluding steroid dienone is 3. The fraction of sp³-hybridized carbons (Fsp3) is 0.815. The molecule has 0 amide bonds. The Morgan fingerprint density at radius 1 is 1.15 bits per heavy atom. The van der Waals surface area contributed by atoms with Gasteiger partial charge in [0.15, 0.2) is 0 Å². The molecule has 0 bridgehead atoms. The summed E-state index contributed by atoms with van der Waals surface area (Å²) in [4.78, 5) is 12.7. The van der Waals surface area contributed by atoms with Crippen LogP contribution in [0.15, 0.2) is 23.6 Å². The van der Waals surface area contributed by atoms with E-state index in [0.29, 0.717) is 40.2 Å². The Balaban J connectivity index is 0.000000588. The Bertz CT molecular complexity index is 866. The third-order valence-electron chi connectivity index (χ3n) is 9.35. The molecular weight excluding hydrogens is 516 g/mol. The maximum absolute atomic E-state index is 12.4. The van der Waals surface area contributed by atoms with Crippen LogP contribution in [0, 0.1) is 35.0 Å². The molecule has 4 saturated carbocycles. The Hall–Kier alpha value is -0.500. The number of carbonyl (C=O) groups is 1. The third kappa shape index (κ3) is 5.90. The average Bonchev–Trinajstić information content (AvgIpc) is 3.03. The summed E-state index contributed by atoms with van der Waals surface area (Å²) in [6.45, 7) is 8.89. The van der Waals surface area contributed by atoms with Crippen molar-refractivity contribution in [2.45, 2.75) is 95.9 Å². The molecule has 4 aliphatic carbocycles. The standard InChI is InChI=1S/C23H36O5S.C4H7Br/c1-3-15(2)29(26,27)28-14-23-13-12-19-18-9-7-17(24)6-4-16(18)5-8-20(19)21(23)10-11-22(23)25;1-3-4(2)5/h3,16,18-22,25H,4-14H2,1-2H3;3-4H,1H2,2H3/b15-3+;/t16-,18?,19?,20?,21?,22?,23?;/m1./s1. The van der Waals surface area contributed by atoms with Crippen molar-refractivity contribution in [2.75, 3.05) is 6.61 Å². The van der Waals surface area contributed by atoms with Gasteiger partial charge in [-0.3, -0.25) is 8.98 Å². The van der Waals surface area contributed by atoms with E-state index < -0.39 is 21.6 Å². The Kier molecular flexibility index (Phi) is 9.66. The molecule has 5 nitrogen and oxygen atoms in total. The van der Waals surface area contributed by atoms with Crippen LogP contribution >= 0.6 is 15.9 Å². The van der Waals surface area contributed by atoms with E-state index >= 15 is 0 Å². The fourth-order valence-electron chi connectivity index (χ4n) is 7.32. The quantitative estimate of drug-likeness (QED) is 0.248. The summed E-state index contributed by atoms with van der Waals surface area (Å²) in [6.07, 6.45) is 12.4. The summed E-state index contributed by atoms with van der Waals surface area (Å²) >= 11 is 3.26. The van der Waals surface area contributed by atoms with Gasteiger partial charge in [-0.25, -0.2) is 0 Å². The molecule has 0 spiro atoms. The largest absolute Gasteiger partial charge is 0.392 e. The first kappa shape index (κ1) is 28.1. The average molecular weight is 560 g/mol. The highest BCUT2D eigenvalue weighted by Gasteiger charge is 2.59. The van der Waals surface area contributed by atoms with Gasteiger partial charge in [0.05, 0.1) is 17.6 Å². The molecule has 34 heavy (non-hydrogen) atoms. The summed E-state index contributed by atoms with van der Waals surface area (Å²) in [5, 5.41) is 10.9. The minimum atomic E-state index is -3.72. The number of halogens is 1. The number of alkyl halides is 1. The predicted molar refractivity (Wildman–Crippen MR) is 140 cm³/mol.